The number of rotatable bonds is 4. The molecule has 3 rings (SSSR count). The topological polar surface area (TPSA) is 62.6 Å². The second-order valence-electron chi connectivity index (χ2n) is 5.39. The van der Waals surface area contributed by atoms with Crippen LogP contribution < -0.4 is 10.2 Å². The third-order valence-corrected chi connectivity index (χ3v) is 5.11. The van der Waals surface area contributed by atoms with Gasteiger partial charge in [0.1, 0.15) is 0 Å². The summed E-state index contributed by atoms with van der Waals surface area (Å²) in [4.78, 5) is 26.8. The third-order valence-electron chi connectivity index (χ3n) is 3.62. The molecule has 0 bridgehead atoms. The molecule has 0 unspecified atom stereocenters. The van der Waals surface area contributed by atoms with Crippen molar-refractivity contribution in [2.75, 3.05) is 17.3 Å². The van der Waals surface area contributed by atoms with Gasteiger partial charge in [-0.15, -0.1) is 11.3 Å². The highest BCUT2D eigenvalue weighted by molar-refractivity contribution is 9.10. The van der Waals surface area contributed by atoms with Crippen molar-refractivity contribution in [3.8, 4) is 0 Å². The molecule has 0 spiro atoms. The molecule has 7 heteroatoms. The van der Waals surface area contributed by atoms with Crippen LogP contribution >= 0.6 is 27.3 Å². The van der Waals surface area contributed by atoms with E-state index in [9.17, 15) is 9.59 Å². The van der Waals surface area contributed by atoms with Gasteiger partial charge in [0.15, 0.2) is 5.76 Å². The van der Waals surface area contributed by atoms with E-state index in [-0.39, 0.29) is 17.6 Å². The molecular formula is C18H15BrN2O3S. The molecule has 2 amide bonds. The predicted octanol–water partition coefficient (Wildman–Crippen LogP) is 4.94. The normalized spacial score (nSPS) is 10.5. The van der Waals surface area contributed by atoms with Gasteiger partial charge in [-0.3, -0.25) is 9.59 Å². The number of aryl methyl sites for hydroxylation is 1. The molecule has 2 heterocycles. The summed E-state index contributed by atoms with van der Waals surface area (Å²) < 4.78 is 6.02. The Bertz CT molecular complexity index is 918. The van der Waals surface area contributed by atoms with Gasteiger partial charge in [-0.25, -0.2) is 0 Å². The van der Waals surface area contributed by atoms with E-state index in [0.29, 0.717) is 9.88 Å². The Morgan fingerprint density at radius 2 is 2.00 bits per heavy atom. The molecule has 128 valence electrons. The lowest BCUT2D eigenvalue weighted by Crippen LogP contribution is -2.26. The van der Waals surface area contributed by atoms with Crippen molar-refractivity contribution in [1.29, 1.82) is 0 Å². The molecule has 0 aliphatic heterocycles. The average Bonchev–Trinajstić information content (AvgIpc) is 3.25. The lowest BCUT2D eigenvalue weighted by atomic mass is 10.2. The van der Waals surface area contributed by atoms with Gasteiger partial charge in [0.25, 0.3) is 11.8 Å². The van der Waals surface area contributed by atoms with E-state index in [0.717, 1.165) is 15.7 Å². The molecule has 1 N–H and O–H groups in total. The van der Waals surface area contributed by atoms with Crippen molar-refractivity contribution in [2.24, 2.45) is 0 Å². The van der Waals surface area contributed by atoms with E-state index in [4.69, 9.17) is 4.42 Å². The molecule has 3 aromatic rings. The molecule has 2 aromatic heterocycles. The number of hydrogen-bond acceptors (Lipinski definition) is 4. The van der Waals surface area contributed by atoms with Crippen molar-refractivity contribution < 1.29 is 14.0 Å². The number of furan rings is 1. The largest absolute Gasteiger partial charge is 0.459 e. The second-order valence-corrected chi connectivity index (χ2v) is 7.39. The molecule has 0 aliphatic carbocycles. The number of anilines is 2. The van der Waals surface area contributed by atoms with Crippen LogP contribution in [0.15, 0.2) is 57.6 Å². The van der Waals surface area contributed by atoms with Crippen molar-refractivity contribution >= 4 is 49.8 Å². The highest BCUT2D eigenvalue weighted by atomic mass is 79.9. The maximum Gasteiger partial charge on any atom is 0.291 e. The molecule has 0 aliphatic rings. The first-order chi connectivity index (χ1) is 12.0. The Labute approximate surface area is 157 Å². The van der Waals surface area contributed by atoms with Crippen LogP contribution in [-0.2, 0) is 0 Å². The fourth-order valence-electron chi connectivity index (χ4n) is 2.37. The van der Waals surface area contributed by atoms with E-state index in [1.54, 1.807) is 36.2 Å². The lowest BCUT2D eigenvalue weighted by molar-refractivity contribution is 0.0989. The van der Waals surface area contributed by atoms with E-state index in [1.807, 2.05) is 25.1 Å². The first-order valence-corrected chi connectivity index (χ1v) is 9.05. The van der Waals surface area contributed by atoms with Gasteiger partial charge < -0.3 is 14.6 Å². The zero-order chi connectivity index (χ0) is 18.0. The van der Waals surface area contributed by atoms with Crippen LogP contribution in [0.5, 0.6) is 0 Å². The van der Waals surface area contributed by atoms with Crippen LogP contribution in [0.3, 0.4) is 0 Å². The molecule has 0 saturated heterocycles. The number of halogens is 1. The standard InChI is InChI=1S/C18H15BrN2O3S/c1-11-10-12(19)5-6-13(11)21(2)18(23)15-7-8-16(25-15)20-17(22)14-4-3-9-24-14/h3-10H,1-2H3,(H,20,22). The molecule has 5 nitrogen and oxygen atoms in total. The van der Waals surface area contributed by atoms with E-state index < -0.39 is 0 Å². The molecule has 1 aromatic carbocycles. The zero-order valence-electron chi connectivity index (χ0n) is 13.6. The van der Waals surface area contributed by atoms with Crippen LogP contribution in [0.25, 0.3) is 0 Å². The van der Waals surface area contributed by atoms with Crippen LogP contribution in [0.1, 0.15) is 25.8 Å². The summed E-state index contributed by atoms with van der Waals surface area (Å²) in [5.41, 5.74) is 1.83. The van der Waals surface area contributed by atoms with E-state index in [1.165, 1.54) is 17.6 Å². The molecule has 0 saturated carbocycles. The van der Waals surface area contributed by atoms with Crippen molar-refractivity contribution in [3.05, 3.63) is 69.4 Å². The minimum absolute atomic E-state index is 0.131. The van der Waals surface area contributed by atoms with Gasteiger partial charge in [0.05, 0.1) is 16.1 Å². The number of hydrogen-bond donors (Lipinski definition) is 1. The number of carbonyl (C=O) groups excluding carboxylic acids is 2. The first kappa shape index (κ1) is 17.4. The van der Waals surface area contributed by atoms with Crippen molar-refractivity contribution in [3.63, 3.8) is 0 Å². The number of carbonyl (C=O) groups is 2. The zero-order valence-corrected chi connectivity index (χ0v) is 16.0. The van der Waals surface area contributed by atoms with Crippen LogP contribution in [0.4, 0.5) is 10.7 Å². The Hall–Kier alpha value is -2.38. The Kier molecular flexibility index (Phi) is 5.06. The number of thiophene rings is 1. The minimum atomic E-state index is -0.344. The van der Waals surface area contributed by atoms with Crippen LogP contribution in [0.2, 0.25) is 0 Å². The quantitative estimate of drug-likeness (QED) is 0.652. The summed E-state index contributed by atoms with van der Waals surface area (Å²) in [5.74, 6) is -0.249. The van der Waals surface area contributed by atoms with Gasteiger partial charge in [0, 0.05) is 17.2 Å². The second kappa shape index (κ2) is 7.25. The summed E-state index contributed by atoms with van der Waals surface area (Å²) >= 11 is 4.65. The highest BCUT2D eigenvalue weighted by Crippen LogP contribution is 2.28. The predicted molar refractivity (Wildman–Crippen MR) is 103 cm³/mol. The maximum absolute atomic E-state index is 12.7. The molecule has 0 radical (unpaired) electrons. The van der Waals surface area contributed by atoms with E-state index >= 15 is 0 Å². The number of nitrogens with zero attached hydrogens (tertiary/aromatic N) is 1. The number of amides is 2. The smallest absolute Gasteiger partial charge is 0.291 e. The van der Waals surface area contributed by atoms with Gasteiger partial charge in [-0.05, 0) is 55.0 Å². The molecule has 0 atom stereocenters. The lowest BCUT2D eigenvalue weighted by Gasteiger charge is -2.19. The van der Waals surface area contributed by atoms with Gasteiger partial charge in [-0.1, -0.05) is 15.9 Å². The van der Waals surface area contributed by atoms with Crippen molar-refractivity contribution in [2.45, 2.75) is 6.92 Å². The van der Waals surface area contributed by atoms with E-state index in [2.05, 4.69) is 21.2 Å². The molecule has 0 fully saturated rings. The van der Waals surface area contributed by atoms with Crippen LogP contribution in [0, 0.1) is 6.92 Å². The molecule has 25 heavy (non-hydrogen) atoms. The monoisotopic (exact) mass is 418 g/mol. The summed E-state index contributed by atoms with van der Waals surface area (Å²) in [6, 6.07) is 12.4. The summed E-state index contributed by atoms with van der Waals surface area (Å²) in [6.07, 6.45) is 1.44. The average molecular weight is 419 g/mol. The minimum Gasteiger partial charge on any atom is -0.459 e. The number of benzene rings is 1. The summed E-state index contributed by atoms with van der Waals surface area (Å²) in [7, 11) is 1.74. The summed E-state index contributed by atoms with van der Waals surface area (Å²) in [5, 5.41) is 3.31. The Balaban J connectivity index is 1.75. The number of nitrogens with one attached hydrogen (secondary N) is 1. The summed E-state index contributed by atoms with van der Waals surface area (Å²) in [6.45, 7) is 1.95. The van der Waals surface area contributed by atoms with Gasteiger partial charge >= 0.3 is 0 Å². The van der Waals surface area contributed by atoms with Crippen molar-refractivity contribution in [1.82, 2.24) is 0 Å². The highest BCUT2D eigenvalue weighted by Gasteiger charge is 2.18. The Morgan fingerprint density at radius 1 is 1.20 bits per heavy atom. The maximum atomic E-state index is 12.7. The van der Waals surface area contributed by atoms with Gasteiger partial charge in [0.2, 0.25) is 0 Å². The van der Waals surface area contributed by atoms with Crippen LogP contribution in [-0.4, -0.2) is 18.9 Å². The molecular weight excluding hydrogens is 404 g/mol. The first-order valence-electron chi connectivity index (χ1n) is 7.44. The SMILES string of the molecule is Cc1cc(Br)ccc1N(C)C(=O)c1ccc(NC(=O)c2ccco2)s1. The third kappa shape index (κ3) is 3.83. The Morgan fingerprint density at radius 3 is 2.68 bits per heavy atom. The fourth-order valence-corrected chi connectivity index (χ4v) is 3.72. The fraction of sp³-hybridized carbons (Fsp3) is 0.111. The van der Waals surface area contributed by atoms with Gasteiger partial charge in [-0.2, -0.15) is 0 Å².